The Bertz CT molecular complexity index is 456. The lowest BCUT2D eigenvalue weighted by Crippen LogP contribution is -2.63. The van der Waals surface area contributed by atoms with Gasteiger partial charge in [-0.05, 0) is 0 Å². The SMILES string of the molecule is N#Cc1nccnc1N1CC(N2CCNCC2)C1. The van der Waals surface area contributed by atoms with Crippen molar-refractivity contribution in [1.82, 2.24) is 20.2 Å². The molecule has 0 bridgehead atoms. The molecule has 0 radical (unpaired) electrons. The van der Waals surface area contributed by atoms with E-state index < -0.39 is 0 Å². The third-order valence-electron chi connectivity index (χ3n) is 3.61. The number of rotatable bonds is 2. The predicted octanol–water partition coefficient (Wildman–Crippen LogP) is -0.558. The molecule has 0 spiro atoms. The first kappa shape index (κ1) is 11.4. The van der Waals surface area contributed by atoms with E-state index in [9.17, 15) is 0 Å². The van der Waals surface area contributed by atoms with Crippen LogP contribution in [0.25, 0.3) is 0 Å². The molecule has 3 heterocycles. The number of nitriles is 1. The average molecular weight is 244 g/mol. The van der Waals surface area contributed by atoms with E-state index >= 15 is 0 Å². The van der Waals surface area contributed by atoms with Crippen molar-refractivity contribution < 1.29 is 0 Å². The highest BCUT2D eigenvalue weighted by Gasteiger charge is 2.34. The maximum absolute atomic E-state index is 9.00. The summed E-state index contributed by atoms with van der Waals surface area (Å²) in [6, 6.07) is 2.70. The van der Waals surface area contributed by atoms with Gasteiger partial charge in [-0.1, -0.05) is 0 Å². The third-order valence-corrected chi connectivity index (χ3v) is 3.61. The van der Waals surface area contributed by atoms with Gasteiger partial charge in [-0.3, -0.25) is 4.90 Å². The Hall–Kier alpha value is -1.71. The van der Waals surface area contributed by atoms with Crippen molar-refractivity contribution in [3.63, 3.8) is 0 Å². The van der Waals surface area contributed by atoms with Gasteiger partial charge in [0, 0.05) is 57.7 Å². The topological polar surface area (TPSA) is 68.1 Å². The molecule has 0 saturated carbocycles. The van der Waals surface area contributed by atoms with Gasteiger partial charge in [0.1, 0.15) is 6.07 Å². The fourth-order valence-corrected chi connectivity index (χ4v) is 2.55. The van der Waals surface area contributed by atoms with Crippen molar-refractivity contribution >= 4 is 5.82 Å². The average Bonchev–Trinajstić information content (AvgIpc) is 2.39. The van der Waals surface area contributed by atoms with E-state index in [1.165, 1.54) is 0 Å². The third kappa shape index (κ3) is 2.03. The fraction of sp³-hybridized carbons (Fsp3) is 0.583. The summed E-state index contributed by atoms with van der Waals surface area (Å²) in [7, 11) is 0. The molecule has 2 aliphatic rings. The smallest absolute Gasteiger partial charge is 0.183 e. The molecule has 1 aromatic rings. The van der Waals surface area contributed by atoms with E-state index in [-0.39, 0.29) is 0 Å². The van der Waals surface area contributed by atoms with Crippen LogP contribution in [-0.2, 0) is 0 Å². The molecule has 0 aromatic carbocycles. The van der Waals surface area contributed by atoms with Gasteiger partial charge < -0.3 is 10.2 Å². The van der Waals surface area contributed by atoms with Gasteiger partial charge in [0.15, 0.2) is 11.5 Å². The molecule has 0 atom stereocenters. The van der Waals surface area contributed by atoms with Gasteiger partial charge in [0.2, 0.25) is 0 Å². The Morgan fingerprint density at radius 3 is 2.67 bits per heavy atom. The molecule has 3 rings (SSSR count). The first-order chi connectivity index (χ1) is 8.88. The lowest BCUT2D eigenvalue weighted by molar-refractivity contribution is 0.147. The van der Waals surface area contributed by atoms with Crippen molar-refractivity contribution in [2.45, 2.75) is 6.04 Å². The number of nitrogens with zero attached hydrogens (tertiary/aromatic N) is 5. The highest BCUT2D eigenvalue weighted by Crippen LogP contribution is 2.23. The summed E-state index contributed by atoms with van der Waals surface area (Å²) in [5.41, 5.74) is 0.427. The maximum Gasteiger partial charge on any atom is 0.183 e. The van der Waals surface area contributed by atoms with Gasteiger partial charge in [-0.2, -0.15) is 5.26 Å². The highest BCUT2D eigenvalue weighted by molar-refractivity contribution is 5.51. The summed E-state index contributed by atoms with van der Waals surface area (Å²) >= 11 is 0. The monoisotopic (exact) mass is 244 g/mol. The molecular weight excluding hydrogens is 228 g/mol. The molecule has 2 fully saturated rings. The first-order valence-corrected chi connectivity index (χ1v) is 6.29. The van der Waals surface area contributed by atoms with Crippen molar-refractivity contribution in [3.05, 3.63) is 18.1 Å². The van der Waals surface area contributed by atoms with Crippen LogP contribution in [0.5, 0.6) is 0 Å². The number of nitrogens with one attached hydrogen (secondary N) is 1. The Morgan fingerprint density at radius 2 is 1.94 bits per heavy atom. The highest BCUT2D eigenvalue weighted by atomic mass is 15.3. The van der Waals surface area contributed by atoms with Crippen molar-refractivity contribution in [1.29, 1.82) is 5.26 Å². The molecule has 0 aliphatic carbocycles. The molecular formula is C12H16N6. The Morgan fingerprint density at radius 1 is 1.22 bits per heavy atom. The summed E-state index contributed by atoms with van der Waals surface area (Å²) in [6.07, 6.45) is 3.21. The normalized spacial score (nSPS) is 21.4. The van der Waals surface area contributed by atoms with Crippen LogP contribution in [0.3, 0.4) is 0 Å². The summed E-state index contributed by atoms with van der Waals surface area (Å²) in [5, 5.41) is 12.4. The second-order valence-corrected chi connectivity index (χ2v) is 4.69. The fourth-order valence-electron chi connectivity index (χ4n) is 2.55. The zero-order chi connectivity index (χ0) is 12.4. The zero-order valence-corrected chi connectivity index (χ0v) is 10.2. The molecule has 6 nitrogen and oxygen atoms in total. The Balaban J connectivity index is 1.63. The van der Waals surface area contributed by atoms with Gasteiger partial charge in [-0.15, -0.1) is 0 Å². The maximum atomic E-state index is 9.00. The van der Waals surface area contributed by atoms with Crippen LogP contribution in [0.4, 0.5) is 5.82 Å². The van der Waals surface area contributed by atoms with E-state index in [2.05, 4.69) is 31.2 Å². The number of hydrogen-bond acceptors (Lipinski definition) is 6. The zero-order valence-electron chi connectivity index (χ0n) is 10.2. The van der Waals surface area contributed by atoms with Crippen LogP contribution in [0.15, 0.2) is 12.4 Å². The number of hydrogen-bond donors (Lipinski definition) is 1. The minimum atomic E-state index is 0.427. The second-order valence-electron chi connectivity index (χ2n) is 4.69. The van der Waals surface area contributed by atoms with Crippen molar-refractivity contribution in [2.75, 3.05) is 44.2 Å². The quantitative estimate of drug-likeness (QED) is 0.752. The lowest BCUT2D eigenvalue weighted by atomic mass is 10.1. The standard InChI is InChI=1S/C12H16N6/c13-7-11-12(16-2-1-15-11)18-8-10(9-18)17-5-3-14-4-6-17/h1-2,10,14H,3-6,8-9H2. The van der Waals surface area contributed by atoms with Crippen molar-refractivity contribution in [3.8, 4) is 6.07 Å². The molecule has 2 aliphatic heterocycles. The molecule has 1 N–H and O–H groups in total. The van der Waals surface area contributed by atoms with E-state index in [1.54, 1.807) is 12.4 Å². The van der Waals surface area contributed by atoms with E-state index in [0.29, 0.717) is 11.7 Å². The molecule has 2 saturated heterocycles. The summed E-state index contributed by atoms with van der Waals surface area (Å²) in [6.45, 7) is 6.28. The van der Waals surface area contributed by atoms with Crippen LogP contribution < -0.4 is 10.2 Å². The van der Waals surface area contributed by atoms with Crippen molar-refractivity contribution in [2.24, 2.45) is 0 Å². The number of anilines is 1. The predicted molar refractivity (Wildman–Crippen MR) is 67.2 cm³/mol. The van der Waals surface area contributed by atoms with E-state index in [1.807, 2.05) is 0 Å². The van der Waals surface area contributed by atoms with Crippen LogP contribution in [-0.4, -0.2) is 60.2 Å². The molecule has 6 heteroatoms. The Kier molecular flexibility index (Phi) is 3.09. The Labute approximate surface area is 106 Å². The second kappa shape index (κ2) is 4.88. The van der Waals surface area contributed by atoms with Crippen LogP contribution in [0.1, 0.15) is 5.69 Å². The first-order valence-electron chi connectivity index (χ1n) is 6.29. The van der Waals surface area contributed by atoms with Gasteiger partial charge in [0.05, 0.1) is 0 Å². The minimum Gasteiger partial charge on any atom is -0.351 e. The van der Waals surface area contributed by atoms with Crippen LogP contribution >= 0.6 is 0 Å². The van der Waals surface area contributed by atoms with Crippen LogP contribution in [0, 0.1) is 11.3 Å². The van der Waals surface area contributed by atoms with Crippen LogP contribution in [0.2, 0.25) is 0 Å². The minimum absolute atomic E-state index is 0.427. The largest absolute Gasteiger partial charge is 0.351 e. The lowest BCUT2D eigenvalue weighted by Gasteiger charge is -2.47. The molecule has 18 heavy (non-hydrogen) atoms. The van der Waals surface area contributed by atoms with E-state index in [0.717, 1.165) is 45.1 Å². The summed E-state index contributed by atoms with van der Waals surface area (Å²) < 4.78 is 0. The summed E-state index contributed by atoms with van der Waals surface area (Å²) in [4.78, 5) is 13.0. The molecule has 94 valence electrons. The summed E-state index contributed by atoms with van der Waals surface area (Å²) in [5.74, 6) is 0.728. The molecule has 0 unspecified atom stereocenters. The van der Waals surface area contributed by atoms with Gasteiger partial charge in [-0.25, -0.2) is 9.97 Å². The number of aromatic nitrogens is 2. The molecule has 1 aromatic heterocycles. The van der Waals surface area contributed by atoms with Gasteiger partial charge in [0.25, 0.3) is 0 Å². The number of piperazine rings is 1. The van der Waals surface area contributed by atoms with E-state index in [4.69, 9.17) is 5.26 Å². The van der Waals surface area contributed by atoms with Gasteiger partial charge >= 0.3 is 0 Å². The molecule has 0 amide bonds.